The van der Waals surface area contributed by atoms with Crippen molar-refractivity contribution in [2.24, 2.45) is 5.92 Å². The van der Waals surface area contributed by atoms with Crippen LogP contribution in [0.25, 0.3) is 0 Å². The predicted octanol–water partition coefficient (Wildman–Crippen LogP) is 4.12. The molecular weight excluding hydrogens is 182 g/mol. The van der Waals surface area contributed by atoms with Crippen molar-refractivity contribution >= 4 is 0 Å². The fourth-order valence-electron chi connectivity index (χ4n) is 2.09. The number of hydrogen-bond donors (Lipinski definition) is 0. The van der Waals surface area contributed by atoms with Crippen molar-refractivity contribution in [2.45, 2.75) is 39.0 Å². The highest BCUT2D eigenvalue weighted by Gasteiger charge is 2.20. The van der Waals surface area contributed by atoms with Gasteiger partial charge in [0.05, 0.1) is 12.0 Å². The molecule has 0 saturated heterocycles. The normalized spacial score (nSPS) is 14.2. The van der Waals surface area contributed by atoms with Gasteiger partial charge in [-0.2, -0.15) is 5.26 Å². The van der Waals surface area contributed by atoms with Crippen LogP contribution in [0.4, 0.5) is 0 Å². The standard InChI is InChI=1S/C14H19N/c1-3-8-12(4-2)14(11-15)13-9-6-5-7-10-13/h5-7,9-10,12,14H,3-4,8H2,1-2H3. The van der Waals surface area contributed by atoms with Crippen LogP contribution in [-0.2, 0) is 0 Å². The van der Waals surface area contributed by atoms with Crippen LogP contribution in [0.3, 0.4) is 0 Å². The lowest BCUT2D eigenvalue weighted by Crippen LogP contribution is -2.10. The molecule has 2 atom stereocenters. The van der Waals surface area contributed by atoms with E-state index in [1.807, 2.05) is 18.2 Å². The first-order valence-electron chi connectivity index (χ1n) is 5.78. The van der Waals surface area contributed by atoms with Gasteiger partial charge in [0, 0.05) is 0 Å². The van der Waals surface area contributed by atoms with Gasteiger partial charge in [0.1, 0.15) is 0 Å². The molecule has 0 spiro atoms. The molecule has 1 rings (SSSR count). The van der Waals surface area contributed by atoms with Crippen LogP contribution in [0.15, 0.2) is 30.3 Å². The van der Waals surface area contributed by atoms with Gasteiger partial charge in [-0.25, -0.2) is 0 Å². The maximum Gasteiger partial charge on any atom is 0.0740 e. The number of rotatable bonds is 5. The lowest BCUT2D eigenvalue weighted by Gasteiger charge is -2.20. The smallest absolute Gasteiger partial charge is 0.0740 e. The third-order valence-corrected chi connectivity index (χ3v) is 2.95. The number of hydrogen-bond acceptors (Lipinski definition) is 1. The molecule has 0 aliphatic heterocycles. The Morgan fingerprint density at radius 2 is 1.87 bits per heavy atom. The summed E-state index contributed by atoms with van der Waals surface area (Å²) in [6, 6.07) is 12.6. The highest BCUT2D eigenvalue weighted by molar-refractivity contribution is 5.25. The summed E-state index contributed by atoms with van der Waals surface area (Å²) in [5.41, 5.74) is 1.17. The summed E-state index contributed by atoms with van der Waals surface area (Å²) in [4.78, 5) is 0. The molecule has 1 aromatic rings. The van der Waals surface area contributed by atoms with Gasteiger partial charge in [0.2, 0.25) is 0 Å². The Morgan fingerprint density at radius 1 is 1.20 bits per heavy atom. The molecule has 80 valence electrons. The largest absolute Gasteiger partial charge is 0.198 e. The molecule has 0 aliphatic carbocycles. The van der Waals surface area contributed by atoms with Crippen LogP contribution in [-0.4, -0.2) is 0 Å². The molecule has 0 N–H and O–H groups in total. The molecule has 2 unspecified atom stereocenters. The highest BCUT2D eigenvalue weighted by atomic mass is 14.3. The SMILES string of the molecule is CCCC(CC)C(C#N)c1ccccc1. The van der Waals surface area contributed by atoms with Crippen LogP contribution in [0.5, 0.6) is 0 Å². The van der Waals surface area contributed by atoms with Crippen molar-refractivity contribution in [3.8, 4) is 6.07 Å². The van der Waals surface area contributed by atoms with Gasteiger partial charge in [-0.1, -0.05) is 57.0 Å². The van der Waals surface area contributed by atoms with Gasteiger partial charge in [0.25, 0.3) is 0 Å². The molecule has 0 aromatic heterocycles. The molecule has 1 heteroatoms. The van der Waals surface area contributed by atoms with Crippen LogP contribution in [0.2, 0.25) is 0 Å². The van der Waals surface area contributed by atoms with Crippen LogP contribution in [0.1, 0.15) is 44.6 Å². The molecule has 0 saturated carbocycles. The first-order valence-corrected chi connectivity index (χ1v) is 5.78. The average Bonchev–Trinajstić information content (AvgIpc) is 2.30. The van der Waals surface area contributed by atoms with Gasteiger partial charge in [-0.05, 0) is 17.9 Å². The Morgan fingerprint density at radius 3 is 2.33 bits per heavy atom. The van der Waals surface area contributed by atoms with Gasteiger partial charge in [-0.3, -0.25) is 0 Å². The van der Waals surface area contributed by atoms with E-state index in [0.717, 1.165) is 19.3 Å². The van der Waals surface area contributed by atoms with Crippen LogP contribution in [0, 0.1) is 17.2 Å². The number of nitrogens with zero attached hydrogens (tertiary/aromatic N) is 1. The fraction of sp³-hybridized carbons (Fsp3) is 0.500. The summed E-state index contributed by atoms with van der Waals surface area (Å²) >= 11 is 0. The summed E-state index contributed by atoms with van der Waals surface area (Å²) in [5.74, 6) is 0.568. The summed E-state index contributed by atoms with van der Waals surface area (Å²) in [5, 5.41) is 9.26. The minimum absolute atomic E-state index is 0.0659. The molecule has 0 heterocycles. The first-order chi connectivity index (χ1) is 7.33. The second-order valence-corrected chi connectivity index (χ2v) is 3.97. The zero-order valence-electron chi connectivity index (χ0n) is 9.61. The molecule has 15 heavy (non-hydrogen) atoms. The van der Waals surface area contributed by atoms with Gasteiger partial charge < -0.3 is 0 Å². The molecule has 0 amide bonds. The van der Waals surface area contributed by atoms with E-state index in [-0.39, 0.29) is 5.92 Å². The van der Waals surface area contributed by atoms with Crippen molar-refractivity contribution in [3.63, 3.8) is 0 Å². The lowest BCUT2D eigenvalue weighted by atomic mass is 9.83. The number of nitriles is 1. The molecule has 0 radical (unpaired) electrons. The van der Waals surface area contributed by atoms with E-state index in [9.17, 15) is 5.26 Å². The van der Waals surface area contributed by atoms with E-state index in [1.54, 1.807) is 0 Å². The third-order valence-electron chi connectivity index (χ3n) is 2.95. The summed E-state index contributed by atoms with van der Waals surface area (Å²) < 4.78 is 0. The zero-order valence-corrected chi connectivity index (χ0v) is 9.61. The highest BCUT2D eigenvalue weighted by Crippen LogP contribution is 2.29. The maximum absolute atomic E-state index is 9.26. The van der Waals surface area contributed by atoms with Crippen molar-refractivity contribution in [1.29, 1.82) is 5.26 Å². The fourth-order valence-corrected chi connectivity index (χ4v) is 2.09. The number of benzene rings is 1. The molecule has 0 aliphatic rings. The second-order valence-electron chi connectivity index (χ2n) is 3.97. The summed E-state index contributed by atoms with van der Waals surface area (Å²) in [6.07, 6.45) is 3.38. The molecule has 0 bridgehead atoms. The monoisotopic (exact) mass is 201 g/mol. The molecule has 0 fully saturated rings. The Bertz CT molecular complexity index is 310. The Labute approximate surface area is 92.7 Å². The van der Waals surface area contributed by atoms with E-state index in [2.05, 4.69) is 32.0 Å². The second kappa shape index (κ2) is 6.24. The Kier molecular flexibility index (Phi) is 4.90. The summed E-state index contributed by atoms with van der Waals surface area (Å²) in [7, 11) is 0. The topological polar surface area (TPSA) is 23.8 Å². The Balaban J connectivity index is 2.84. The Hall–Kier alpha value is -1.29. The van der Waals surface area contributed by atoms with E-state index in [0.29, 0.717) is 5.92 Å². The van der Waals surface area contributed by atoms with Crippen LogP contribution >= 0.6 is 0 Å². The van der Waals surface area contributed by atoms with Crippen molar-refractivity contribution in [2.75, 3.05) is 0 Å². The van der Waals surface area contributed by atoms with Crippen molar-refractivity contribution in [3.05, 3.63) is 35.9 Å². The first kappa shape index (κ1) is 11.8. The third kappa shape index (κ3) is 3.09. The van der Waals surface area contributed by atoms with Gasteiger partial charge >= 0.3 is 0 Å². The predicted molar refractivity (Wildman–Crippen MR) is 63.5 cm³/mol. The molecular formula is C14H19N. The van der Waals surface area contributed by atoms with Crippen LogP contribution < -0.4 is 0 Å². The van der Waals surface area contributed by atoms with Crippen molar-refractivity contribution < 1.29 is 0 Å². The van der Waals surface area contributed by atoms with E-state index in [4.69, 9.17) is 0 Å². The minimum Gasteiger partial charge on any atom is -0.198 e. The van der Waals surface area contributed by atoms with E-state index >= 15 is 0 Å². The van der Waals surface area contributed by atoms with E-state index in [1.165, 1.54) is 5.56 Å². The quantitative estimate of drug-likeness (QED) is 0.703. The van der Waals surface area contributed by atoms with Gasteiger partial charge in [-0.15, -0.1) is 0 Å². The summed E-state index contributed by atoms with van der Waals surface area (Å²) in [6.45, 7) is 4.36. The van der Waals surface area contributed by atoms with E-state index < -0.39 is 0 Å². The molecule has 1 nitrogen and oxygen atoms in total. The lowest BCUT2D eigenvalue weighted by molar-refractivity contribution is 0.429. The average molecular weight is 201 g/mol. The van der Waals surface area contributed by atoms with Gasteiger partial charge in [0.15, 0.2) is 0 Å². The molecule has 1 aromatic carbocycles. The maximum atomic E-state index is 9.26. The zero-order chi connectivity index (χ0) is 11.1. The van der Waals surface area contributed by atoms with Crippen molar-refractivity contribution in [1.82, 2.24) is 0 Å². The minimum atomic E-state index is 0.0659.